The zero-order valence-corrected chi connectivity index (χ0v) is 11.6. The van der Waals surface area contributed by atoms with Crippen molar-refractivity contribution < 1.29 is 4.79 Å². The fourth-order valence-electron chi connectivity index (χ4n) is 1.61. The summed E-state index contributed by atoms with van der Waals surface area (Å²) in [5, 5.41) is 2.83. The standard InChI is InChI=1S/C13H13BrN4O/c14-11-4-2-1-3-9(11)7-17-13(19)10-8-16-6-5-12(10)18-15/h1-6,8H,7,15H2,(H,16,18)(H,17,19). The third-order valence-electron chi connectivity index (χ3n) is 2.62. The molecule has 0 unspecified atom stereocenters. The summed E-state index contributed by atoms with van der Waals surface area (Å²) in [6, 6.07) is 9.36. The van der Waals surface area contributed by atoms with Gasteiger partial charge in [-0.1, -0.05) is 34.1 Å². The normalized spacial score (nSPS) is 10.0. The maximum Gasteiger partial charge on any atom is 0.255 e. The third kappa shape index (κ3) is 3.30. The number of aromatic nitrogens is 1. The molecule has 1 heterocycles. The van der Waals surface area contributed by atoms with E-state index in [9.17, 15) is 4.79 Å². The summed E-state index contributed by atoms with van der Waals surface area (Å²) in [6.07, 6.45) is 3.05. The zero-order valence-electron chi connectivity index (χ0n) is 10.1. The molecule has 0 atom stereocenters. The summed E-state index contributed by atoms with van der Waals surface area (Å²) >= 11 is 3.43. The van der Waals surface area contributed by atoms with Crippen LogP contribution in [0.25, 0.3) is 0 Å². The smallest absolute Gasteiger partial charge is 0.255 e. The molecule has 0 radical (unpaired) electrons. The summed E-state index contributed by atoms with van der Waals surface area (Å²) in [7, 11) is 0. The minimum Gasteiger partial charge on any atom is -0.348 e. The number of hydrogen-bond donors (Lipinski definition) is 3. The molecule has 1 amide bonds. The molecule has 0 spiro atoms. The van der Waals surface area contributed by atoms with Crippen molar-refractivity contribution in [3.63, 3.8) is 0 Å². The Kier molecular flexibility index (Phi) is 4.48. The van der Waals surface area contributed by atoms with Crippen LogP contribution in [0.3, 0.4) is 0 Å². The maximum absolute atomic E-state index is 12.0. The Morgan fingerprint density at radius 2 is 2.11 bits per heavy atom. The average molecular weight is 321 g/mol. The number of nitrogens with zero attached hydrogens (tertiary/aromatic N) is 1. The Labute approximate surface area is 119 Å². The number of hydrogen-bond acceptors (Lipinski definition) is 4. The van der Waals surface area contributed by atoms with Gasteiger partial charge in [0.05, 0.1) is 11.3 Å². The van der Waals surface area contributed by atoms with Crippen LogP contribution in [-0.2, 0) is 6.54 Å². The first-order chi connectivity index (χ1) is 9.22. The van der Waals surface area contributed by atoms with Crippen molar-refractivity contribution in [1.29, 1.82) is 0 Å². The van der Waals surface area contributed by atoms with E-state index in [4.69, 9.17) is 5.84 Å². The molecule has 0 fully saturated rings. The predicted octanol–water partition coefficient (Wildman–Crippen LogP) is 2.06. The van der Waals surface area contributed by atoms with Crippen molar-refractivity contribution in [1.82, 2.24) is 10.3 Å². The monoisotopic (exact) mass is 320 g/mol. The first-order valence-corrected chi connectivity index (χ1v) is 6.44. The van der Waals surface area contributed by atoms with E-state index in [2.05, 4.69) is 31.7 Å². The van der Waals surface area contributed by atoms with E-state index in [0.29, 0.717) is 17.8 Å². The molecule has 1 aromatic heterocycles. The van der Waals surface area contributed by atoms with Crippen molar-refractivity contribution in [3.8, 4) is 0 Å². The van der Waals surface area contributed by atoms with Gasteiger partial charge in [-0.2, -0.15) is 0 Å². The van der Waals surface area contributed by atoms with Crippen LogP contribution in [0.15, 0.2) is 47.2 Å². The first kappa shape index (κ1) is 13.5. The fraction of sp³-hybridized carbons (Fsp3) is 0.0769. The van der Waals surface area contributed by atoms with Gasteiger partial charge in [-0.15, -0.1) is 0 Å². The van der Waals surface area contributed by atoms with E-state index in [1.807, 2.05) is 24.3 Å². The highest BCUT2D eigenvalue weighted by Gasteiger charge is 2.10. The quantitative estimate of drug-likeness (QED) is 0.595. The fourth-order valence-corrected chi connectivity index (χ4v) is 2.04. The molecule has 0 aliphatic heterocycles. The molecular weight excluding hydrogens is 308 g/mol. The van der Waals surface area contributed by atoms with Gasteiger partial charge in [0, 0.05) is 23.4 Å². The molecule has 2 rings (SSSR count). The molecule has 0 saturated carbocycles. The number of rotatable bonds is 4. The second-order valence-corrected chi connectivity index (χ2v) is 4.69. The highest BCUT2D eigenvalue weighted by molar-refractivity contribution is 9.10. The highest BCUT2D eigenvalue weighted by Crippen LogP contribution is 2.16. The second-order valence-electron chi connectivity index (χ2n) is 3.84. The summed E-state index contributed by atoms with van der Waals surface area (Å²) in [5.74, 6) is 5.13. The Balaban J connectivity index is 2.08. The van der Waals surface area contributed by atoms with Crippen molar-refractivity contribution in [2.45, 2.75) is 6.54 Å². The van der Waals surface area contributed by atoms with Crippen molar-refractivity contribution in [2.75, 3.05) is 5.43 Å². The molecule has 1 aromatic carbocycles. The Morgan fingerprint density at radius 1 is 1.32 bits per heavy atom. The minimum absolute atomic E-state index is 0.225. The van der Waals surface area contributed by atoms with E-state index in [1.165, 1.54) is 6.20 Å². The molecule has 19 heavy (non-hydrogen) atoms. The number of nitrogen functional groups attached to an aromatic ring is 1. The first-order valence-electron chi connectivity index (χ1n) is 5.64. The van der Waals surface area contributed by atoms with Gasteiger partial charge in [0.25, 0.3) is 5.91 Å². The summed E-state index contributed by atoms with van der Waals surface area (Å²) in [5.41, 5.74) is 4.43. The number of pyridine rings is 1. The number of amides is 1. The molecule has 0 aliphatic carbocycles. The van der Waals surface area contributed by atoms with Crippen molar-refractivity contribution in [3.05, 3.63) is 58.3 Å². The summed E-state index contributed by atoms with van der Waals surface area (Å²) in [4.78, 5) is 16.0. The van der Waals surface area contributed by atoms with Gasteiger partial charge < -0.3 is 10.7 Å². The van der Waals surface area contributed by atoms with Gasteiger partial charge in [0.1, 0.15) is 0 Å². The van der Waals surface area contributed by atoms with Gasteiger partial charge in [-0.05, 0) is 17.7 Å². The summed E-state index contributed by atoms with van der Waals surface area (Å²) < 4.78 is 0.957. The van der Waals surface area contributed by atoms with Crippen LogP contribution in [0.1, 0.15) is 15.9 Å². The largest absolute Gasteiger partial charge is 0.348 e. The molecule has 0 saturated heterocycles. The van der Waals surface area contributed by atoms with Gasteiger partial charge in [0.15, 0.2) is 0 Å². The Hall–Kier alpha value is -1.92. The molecule has 2 aromatic rings. The van der Waals surface area contributed by atoms with E-state index in [-0.39, 0.29) is 5.91 Å². The van der Waals surface area contributed by atoms with Gasteiger partial charge in [-0.3, -0.25) is 15.6 Å². The molecule has 6 heteroatoms. The lowest BCUT2D eigenvalue weighted by Gasteiger charge is -2.09. The van der Waals surface area contributed by atoms with Crippen LogP contribution in [0.4, 0.5) is 5.69 Å². The van der Waals surface area contributed by atoms with Crippen LogP contribution < -0.4 is 16.6 Å². The van der Waals surface area contributed by atoms with E-state index < -0.39 is 0 Å². The molecule has 98 valence electrons. The molecule has 4 N–H and O–H groups in total. The number of hydrazine groups is 1. The van der Waals surface area contributed by atoms with Crippen molar-refractivity contribution in [2.24, 2.45) is 5.84 Å². The average Bonchev–Trinajstić information content (AvgIpc) is 2.46. The number of benzene rings is 1. The molecular formula is C13H13BrN4O. The topological polar surface area (TPSA) is 80.0 Å². The lowest BCUT2D eigenvalue weighted by molar-refractivity contribution is 0.0951. The third-order valence-corrected chi connectivity index (χ3v) is 3.39. The predicted molar refractivity (Wildman–Crippen MR) is 77.4 cm³/mol. The molecule has 5 nitrogen and oxygen atoms in total. The van der Waals surface area contributed by atoms with Crippen molar-refractivity contribution >= 4 is 27.5 Å². The van der Waals surface area contributed by atoms with Crippen LogP contribution in [0, 0.1) is 0 Å². The Morgan fingerprint density at radius 3 is 2.84 bits per heavy atom. The molecule has 0 aliphatic rings. The highest BCUT2D eigenvalue weighted by atomic mass is 79.9. The van der Waals surface area contributed by atoms with E-state index in [1.54, 1.807) is 12.3 Å². The summed E-state index contributed by atoms with van der Waals surface area (Å²) in [6.45, 7) is 0.430. The number of anilines is 1. The van der Waals surface area contributed by atoms with Crippen LogP contribution in [0.5, 0.6) is 0 Å². The number of nitrogens with two attached hydrogens (primary N) is 1. The maximum atomic E-state index is 12.0. The SMILES string of the molecule is NNc1ccncc1C(=O)NCc1ccccc1Br. The molecule has 0 bridgehead atoms. The van der Waals surface area contributed by atoms with Gasteiger partial charge in [0.2, 0.25) is 0 Å². The van der Waals surface area contributed by atoms with Gasteiger partial charge in [-0.25, -0.2) is 0 Å². The second kappa shape index (κ2) is 6.31. The van der Waals surface area contributed by atoms with Crippen LogP contribution in [-0.4, -0.2) is 10.9 Å². The number of halogens is 1. The Bertz CT molecular complexity index is 588. The lowest BCUT2D eigenvalue weighted by atomic mass is 10.2. The number of carbonyl (C=O) groups excluding carboxylic acids is 1. The van der Waals surface area contributed by atoms with Gasteiger partial charge >= 0.3 is 0 Å². The lowest BCUT2D eigenvalue weighted by Crippen LogP contribution is -2.25. The van der Waals surface area contributed by atoms with E-state index >= 15 is 0 Å². The number of carbonyl (C=O) groups is 1. The number of nitrogens with one attached hydrogen (secondary N) is 2. The minimum atomic E-state index is -0.225. The zero-order chi connectivity index (χ0) is 13.7. The van der Waals surface area contributed by atoms with E-state index in [0.717, 1.165) is 10.0 Å². The van der Waals surface area contributed by atoms with Crippen LogP contribution >= 0.6 is 15.9 Å². The van der Waals surface area contributed by atoms with Crippen LogP contribution in [0.2, 0.25) is 0 Å².